The minimum atomic E-state index is 0.198. The lowest BCUT2D eigenvalue weighted by atomic mass is 10.1. The second kappa shape index (κ2) is 4.13. The number of halogens is 1. The van der Waals surface area contributed by atoms with Crippen LogP contribution >= 0.6 is 22.6 Å². The predicted molar refractivity (Wildman–Crippen MR) is 77.2 cm³/mol. The predicted octanol–water partition coefficient (Wildman–Crippen LogP) is 2.29. The number of aromatic hydroxyl groups is 1. The van der Waals surface area contributed by atoms with E-state index in [4.69, 9.17) is 5.73 Å². The number of nitrogens with two attached hydrogens (primary N) is 1. The zero-order chi connectivity index (χ0) is 12.7. The van der Waals surface area contributed by atoms with Crippen molar-refractivity contribution in [2.24, 2.45) is 0 Å². The first-order chi connectivity index (χ1) is 8.65. The lowest BCUT2D eigenvalue weighted by Crippen LogP contribution is -1.97. The van der Waals surface area contributed by atoms with E-state index in [2.05, 4.69) is 32.6 Å². The molecule has 0 saturated carbocycles. The number of fused-ring (bicyclic) bond motifs is 1. The van der Waals surface area contributed by atoms with Crippen molar-refractivity contribution in [2.45, 2.75) is 0 Å². The molecule has 0 spiro atoms. The minimum Gasteiger partial charge on any atom is -0.507 e. The molecule has 3 rings (SSSR count). The van der Waals surface area contributed by atoms with Crippen molar-refractivity contribution in [3.8, 4) is 17.0 Å². The van der Waals surface area contributed by atoms with Crippen molar-refractivity contribution in [2.75, 3.05) is 5.73 Å². The molecule has 3 aromatic rings. The van der Waals surface area contributed by atoms with E-state index < -0.39 is 0 Å². The van der Waals surface area contributed by atoms with Crippen molar-refractivity contribution in [3.05, 3.63) is 40.2 Å². The summed E-state index contributed by atoms with van der Waals surface area (Å²) in [5.41, 5.74) is 7.09. The first-order valence-corrected chi connectivity index (χ1v) is 6.32. The molecule has 6 heteroatoms. The number of imidazole rings is 1. The second-order valence-corrected chi connectivity index (χ2v) is 4.99. The van der Waals surface area contributed by atoms with Gasteiger partial charge in [0.05, 0.1) is 9.26 Å². The zero-order valence-electron chi connectivity index (χ0n) is 9.21. The van der Waals surface area contributed by atoms with Crippen molar-refractivity contribution in [1.29, 1.82) is 0 Å². The summed E-state index contributed by atoms with van der Waals surface area (Å²) in [5, 5.41) is 9.80. The van der Waals surface area contributed by atoms with Gasteiger partial charge in [0.15, 0.2) is 0 Å². The highest BCUT2D eigenvalue weighted by Gasteiger charge is 2.10. The molecule has 0 atom stereocenters. The quantitative estimate of drug-likeness (QED) is 0.659. The van der Waals surface area contributed by atoms with Gasteiger partial charge in [-0.05, 0) is 34.7 Å². The summed E-state index contributed by atoms with van der Waals surface area (Å²) in [7, 11) is 0. The van der Waals surface area contributed by atoms with Gasteiger partial charge in [-0.25, -0.2) is 4.98 Å². The van der Waals surface area contributed by atoms with E-state index >= 15 is 0 Å². The summed E-state index contributed by atoms with van der Waals surface area (Å²) in [4.78, 5) is 8.55. The Hall–Kier alpha value is -1.83. The van der Waals surface area contributed by atoms with Gasteiger partial charge < -0.3 is 10.8 Å². The van der Waals surface area contributed by atoms with E-state index in [1.165, 1.54) is 0 Å². The molecule has 2 aromatic heterocycles. The molecular formula is C12H9IN4O. The molecule has 0 fully saturated rings. The first kappa shape index (κ1) is 11.3. The van der Waals surface area contributed by atoms with Gasteiger partial charge in [-0.1, -0.05) is 12.1 Å². The summed E-state index contributed by atoms with van der Waals surface area (Å²) in [6.07, 6.45) is 3.67. The fourth-order valence-corrected chi connectivity index (χ4v) is 2.15. The van der Waals surface area contributed by atoms with Gasteiger partial charge in [-0.2, -0.15) is 4.98 Å². The number of phenolic OH excluding ortho intramolecular Hbond substituents is 1. The first-order valence-electron chi connectivity index (χ1n) is 5.24. The number of hydrogen-bond acceptors (Lipinski definition) is 4. The maximum atomic E-state index is 9.80. The number of rotatable bonds is 1. The molecule has 0 aliphatic rings. The van der Waals surface area contributed by atoms with Gasteiger partial charge in [0.1, 0.15) is 11.6 Å². The number of phenols is 1. The number of anilines is 1. The maximum absolute atomic E-state index is 9.80. The Labute approximate surface area is 116 Å². The molecule has 0 amide bonds. The molecule has 0 aliphatic heterocycles. The summed E-state index contributed by atoms with van der Waals surface area (Å²) >= 11 is 2.12. The molecule has 1 aromatic carbocycles. The Balaban J connectivity index is 2.23. The molecule has 3 N–H and O–H groups in total. The van der Waals surface area contributed by atoms with Crippen LogP contribution in [0, 0.1) is 3.57 Å². The molecule has 0 bridgehead atoms. The third kappa shape index (κ3) is 1.78. The third-order valence-electron chi connectivity index (χ3n) is 2.61. The Kier molecular flexibility index (Phi) is 2.58. The lowest BCUT2D eigenvalue weighted by molar-refractivity contribution is 0.477. The Bertz CT molecular complexity index is 699. The van der Waals surface area contributed by atoms with Gasteiger partial charge in [0.25, 0.3) is 0 Å². The number of nitrogen functional groups attached to an aromatic ring is 1. The number of hydrogen-bond donors (Lipinski definition) is 2. The summed E-state index contributed by atoms with van der Waals surface area (Å²) in [5.74, 6) is 1.17. The molecule has 90 valence electrons. The molecule has 18 heavy (non-hydrogen) atoms. The largest absolute Gasteiger partial charge is 0.507 e. The van der Waals surface area contributed by atoms with Gasteiger partial charge in [0, 0.05) is 18.0 Å². The number of para-hydroxylation sites is 1. The van der Waals surface area contributed by atoms with Gasteiger partial charge in [-0.3, -0.25) is 4.40 Å². The fraction of sp³-hybridized carbons (Fsp3) is 0. The Morgan fingerprint density at radius 3 is 2.72 bits per heavy atom. The van der Waals surface area contributed by atoms with Crippen molar-refractivity contribution in [3.63, 3.8) is 0 Å². The molecule has 2 heterocycles. The minimum absolute atomic E-state index is 0.198. The molecule has 0 unspecified atom stereocenters. The van der Waals surface area contributed by atoms with Crippen molar-refractivity contribution >= 4 is 34.2 Å². The maximum Gasteiger partial charge on any atom is 0.236 e. The third-order valence-corrected chi connectivity index (χ3v) is 3.44. The van der Waals surface area contributed by atoms with Crippen LogP contribution in [0.3, 0.4) is 0 Å². The second-order valence-electron chi connectivity index (χ2n) is 3.82. The van der Waals surface area contributed by atoms with Gasteiger partial charge in [0.2, 0.25) is 5.78 Å². The highest BCUT2D eigenvalue weighted by molar-refractivity contribution is 14.1. The van der Waals surface area contributed by atoms with Crippen LogP contribution in [0.5, 0.6) is 5.75 Å². The highest BCUT2D eigenvalue weighted by atomic mass is 127. The fourth-order valence-electron chi connectivity index (χ4n) is 1.73. The summed E-state index contributed by atoms with van der Waals surface area (Å²) in [6.45, 7) is 0. The van der Waals surface area contributed by atoms with Crippen LogP contribution in [-0.2, 0) is 0 Å². The van der Waals surface area contributed by atoms with Crippen LogP contribution in [0.2, 0.25) is 0 Å². The summed E-state index contributed by atoms with van der Waals surface area (Å²) < 4.78 is 2.65. The smallest absolute Gasteiger partial charge is 0.236 e. The molecule has 0 aliphatic carbocycles. The van der Waals surface area contributed by atoms with Crippen molar-refractivity contribution in [1.82, 2.24) is 14.4 Å². The van der Waals surface area contributed by atoms with Crippen LogP contribution in [-0.4, -0.2) is 19.5 Å². The molecular weight excluding hydrogens is 343 g/mol. The molecule has 5 nitrogen and oxygen atoms in total. The van der Waals surface area contributed by atoms with E-state index in [1.807, 2.05) is 24.5 Å². The van der Waals surface area contributed by atoms with E-state index in [-0.39, 0.29) is 5.75 Å². The average Bonchev–Trinajstić information content (AvgIpc) is 2.73. The highest BCUT2D eigenvalue weighted by Crippen LogP contribution is 2.28. The SMILES string of the molecule is Nc1nc2nc(-c3ccccc3O)cn2cc1I. The van der Waals surface area contributed by atoms with Crippen LogP contribution in [0.1, 0.15) is 0 Å². The number of benzene rings is 1. The Morgan fingerprint density at radius 1 is 1.17 bits per heavy atom. The molecule has 0 radical (unpaired) electrons. The van der Waals surface area contributed by atoms with Gasteiger partial charge >= 0.3 is 0 Å². The van der Waals surface area contributed by atoms with Gasteiger partial charge in [-0.15, -0.1) is 0 Å². The zero-order valence-corrected chi connectivity index (χ0v) is 11.4. The average molecular weight is 352 g/mol. The molecule has 0 saturated heterocycles. The van der Waals surface area contributed by atoms with Crippen LogP contribution in [0.15, 0.2) is 36.7 Å². The monoisotopic (exact) mass is 352 g/mol. The van der Waals surface area contributed by atoms with E-state index in [1.54, 1.807) is 16.5 Å². The van der Waals surface area contributed by atoms with E-state index in [0.29, 0.717) is 22.9 Å². The van der Waals surface area contributed by atoms with Crippen LogP contribution in [0.4, 0.5) is 5.82 Å². The van der Waals surface area contributed by atoms with Crippen LogP contribution < -0.4 is 5.73 Å². The summed E-state index contributed by atoms with van der Waals surface area (Å²) in [6, 6.07) is 7.06. The standard InChI is InChI=1S/C12H9IN4O/c13-8-5-17-6-9(15-12(17)16-11(8)14)7-3-1-2-4-10(7)18/h1-6,18H,(H2,14,15,16). The topological polar surface area (TPSA) is 76.4 Å². The van der Waals surface area contributed by atoms with Crippen LogP contribution in [0.25, 0.3) is 17.0 Å². The number of nitrogens with zero attached hydrogens (tertiary/aromatic N) is 3. The number of aromatic nitrogens is 3. The van der Waals surface area contributed by atoms with Crippen molar-refractivity contribution < 1.29 is 5.11 Å². The van der Waals surface area contributed by atoms with E-state index in [0.717, 1.165) is 3.57 Å². The Morgan fingerprint density at radius 2 is 1.94 bits per heavy atom. The van der Waals surface area contributed by atoms with E-state index in [9.17, 15) is 5.11 Å². The lowest BCUT2D eigenvalue weighted by Gasteiger charge is -1.98. The normalized spacial score (nSPS) is 10.9.